The van der Waals surface area contributed by atoms with Gasteiger partial charge in [-0.05, 0) is 44.1 Å². The summed E-state index contributed by atoms with van der Waals surface area (Å²) in [7, 11) is 0. The molecule has 0 aliphatic carbocycles. The summed E-state index contributed by atoms with van der Waals surface area (Å²) in [6.07, 6.45) is 1.70. The number of piperidine rings is 1. The molecule has 110 valence electrons. The van der Waals surface area contributed by atoms with Gasteiger partial charge in [0, 0.05) is 17.3 Å². The molecular formula is C13H19ClN4O2. The summed E-state index contributed by atoms with van der Waals surface area (Å²) < 4.78 is 0. The fourth-order valence-corrected chi connectivity index (χ4v) is 2.15. The van der Waals surface area contributed by atoms with Crippen molar-refractivity contribution in [1.82, 2.24) is 5.32 Å². The van der Waals surface area contributed by atoms with E-state index >= 15 is 0 Å². The minimum Gasteiger partial charge on any atom is -0.351 e. The first kappa shape index (κ1) is 16.3. The first-order valence-electron chi connectivity index (χ1n) is 6.33. The molecule has 1 heterocycles. The molecule has 0 saturated carbocycles. The molecule has 0 radical (unpaired) electrons. The van der Waals surface area contributed by atoms with E-state index in [4.69, 9.17) is 5.73 Å². The maximum atomic E-state index is 12.1. The number of benzene rings is 1. The summed E-state index contributed by atoms with van der Waals surface area (Å²) in [5, 5.41) is 8.56. The Morgan fingerprint density at radius 3 is 2.35 bits per heavy atom. The van der Waals surface area contributed by atoms with E-state index in [1.165, 1.54) is 0 Å². The predicted octanol–water partition coefficient (Wildman–Crippen LogP) is 1.54. The van der Waals surface area contributed by atoms with E-state index in [1.807, 2.05) is 0 Å². The number of anilines is 2. The van der Waals surface area contributed by atoms with Crippen molar-refractivity contribution in [3.05, 3.63) is 24.3 Å². The molecule has 5 N–H and O–H groups in total. The van der Waals surface area contributed by atoms with Crippen LogP contribution in [0, 0.1) is 5.92 Å². The second-order valence-corrected chi connectivity index (χ2v) is 4.58. The molecule has 0 atom stereocenters. The number of primary amides is 1. The normalized spacial score (nSPS) is 15.0. The molecule has 1 aromatic carbocycles. The van der Waals surface area contributed by atoms with Crippen molar-refractivity contribution in [3.8, 4) is 0 Å². The monoisotopic (exact) mass is 298 g/mol. The van der Waals surface area contributed by atoms with Crippen LogP contribution in [-0.4, -0.2) is 25.0 Å². The van der Waals surface area contributed by atoms with Gasteiger partial charge in [0.05, 0.1) is 0 Å². The van der Waals surface area contributed by atoms with Gasteiger partial charge in [0.25, 0.3) is 0 Å². The van der Waals surface area contributed by atoms with Gasteiger partial charge in [0.2, 0.25) is 5.91 Å². The minimum atomic E-state index is -0.623. The Morgan fingerprint density at radius 1 is 1.15 bits per heavy atom. The van der Waals surface area contributed by atoms with E-state index in [1.54, 1.807) is 24.3 Å². The van der Waals surface area contributed by atoms with E-state index in [0.717, 1.165) is 25.9 Å². The fraction of sp³-hybridized carbons (Fsp3) is 0.385. The molecule has 0 aromatic heterocycles. The smallest absolute Gasteiger partial charge is 0.316 e. The van der Waals surface area contributed by atoms with Crippen molar-refractivity contribution in [2.24, 2.45) is 11.7 Å². The molecule has 0 unspecified atom stereocenters. The Bertz CT molecular complexity index is 475. The number of urea groups is 1. The van der Waals surface area contributed by atoms with E-state index in [-0.39, 0.29) is 24.2 Å². The first-order valence-corrected chi connectivity index (χ1v) is 6.33. The zero-order valence-electron chi connectivity index (χ0n) is 11.0. The number of nitrogens with one attached hydrogen (secondary N) is 3. The lowest BCUT2D eigenvalue weighted by Crippen LogP contribution is -2.34. The summed E-state index contributed by atoms with van der Waals surface area (Å²) in [4.78, 5) is 22.8. The van der Waals surface area contributed by atoms with Crippen molar-refractivity contribution in [3.63, 3.8) is 0 Å². The molecule has 1 fully saturated rings. The third kappa shape index (κ3) is 4.71. The van der Waals surface area contributed by atoms with Gasteiger partial charge in [-0.3, -0.25) is 4.79 Å². The van der Waals surface area contributed by atoms with Crippen LogP contribution in [0.2, 0.25) is 0 Å². The van der Waals surface area contributed by atoms with Crippen LogP contribution in [0.4, 0.5) is 16.2 Å². The summed E-state index contributed by atoms with van der Waals surface area (Å²) in [6.45, 7) is 1.75. The average Bonchev–Trinajstić information content (AvgIpc) is 2.39. The third-order valence-corrected chi connectivity index (χ3v) is 3.11. The highest BCUT2D eigenvalue weighted by atomic mass is 35.5. The Morgan fingerprint density at radius 2 is 1.75 bits per heavy atom. The van der Waals surface area contributed by atoms with Gasteiger partial charge < -0.3 is 21.7 Å². The molecule has 0 bridgehead atoms. The maximum absolute atomic E-state index is 12.1. The van der Waals surface area contributed by atoms with Gasteiger partial charge in [-0.1, -0.05) is 6.07 Å². The van der Waals surface area contributed by atoms with Crippen molar-refractivity contribution >= 4 is 35.7 Å². The van der Waals surface area contributed by atoms with Crippen LogP contribution in [0.25, 0.3) is 0 Å². The van der Waals surface area contributed by atoms with Crippen molar-refractivity contribution in [1.29, 1.82) is 0 Å². The van der Waals surface area contributed by atoms with E-state index in [9.17, 15) is 9.59 Å². The Hall–Kier alpha value is -1.79. The lowest BCUT2D eigenvalue weighted by molar-refractivity contribution is -0.120. The number of carbonyl (C=O) groups excluding carboxylic acids is 2. The van der Waals surface area contributed by atoms with Crippen LogP contribution < -0.4 is 21.7 Å². The predicted molar refractivity (Wildman–Crippen MR) is 81.1 cm³/mol. The second-order valence-electron chi connectivity index (χ2n) is 4.58. The topological polar surface area (TPSA) is 96.2 Å². The highest BCUT2D eigenvalue weighted by Crippen LogP contribution is 2.18. The van der Waals surface area contributed by atoms with Crippen molar-refractivity contribution < 1.29 is 9.59 Å². The Kier molecular flexibility index (Phi) is 6.27. The van der Waals surface area contributed by atoms with E-state index in [0.29, 0.717) is 11.4 Å². The van der Waals surface area contributed by atoms with Crippen LogP contribution in [0.1, 0.15) is 12.8 Å². The zero-order chi connectivity index (χ0) is 13.7. The second kappa shape index (κ2) is 7.72. The van der Waals surface area contributed by atoms with Crippen LogP contribution in [0.3, 0.4) is 0 Å². The molecule has 20 heavy (non-hydrogen) atoms. The summed E-state index contributed by atoms with van der Waals surface area (Å²) in [5.74, 6) is 0.0757. The molecule has 0 spiro atoms. The largest absolute Gasteiger partial charge is 0.351 e. The third-order valence-electron chi connectivity index (χ3n) is 3.11. The van der Waals surface area contributed by atoms with Crippen molar-refractivity contribution in [2.45, 2.75) is 12.8 Å². The van der Waals surface area contributed by atoms with Gasteiger partial charge in [-0.2, -0.15) is 0 Å². The number of amides is 3. The SMILES string of the molecule is Cl.NC(=O)Nc1cccc(NC(=O)C2CCNCC2)c1. The molecule has 1 aliphatic heterocycles. The number of rotatable bonds is 3. The first-order chi connectivity index (χ1) is 9.15. The number of carbonyl (C=O) groups is 2. The highest BCUT2D eigenvalue weighted by Gasteiger charge is 2.20. The number of halogens is 1. The van der Waals surface area contributed by atoms with Gasteiger partial charge in [-0.15, -0.1) is 12.4 Å². The van der Waals surface area contributed by atoms with Crippen LogP contribution in [0.5, 0.6) is 0 Å². The average molecular weight is 299 g/mol. The van der Waals surface area contributed by atoms with Gasteiger partial charge >= 0.3 is 6.03 Å². The van der Waals surface area contributed by atoms with Gasteiger partial charge in [0.1, 0.15) is 0 Å². The molecule has 1 aromatic rings. The molecule has 2 rings (SSSR count). The standard InChI is InChI=1S/C13H18N4O2.ClH/c14-13(19)17-11-3-1-2-10(8-11)16-12(18)9-4-6-15-7-5-9;/h1-3,8-9,15H,4-7H2,(H,16,18)(H3,14,17,19);1H. The molecule has 6 nitrogen and oxygen atoms in total. The van der Waals surface area contributed by atoms with Crippen molar-refractivity contribution in [2.75, 3.05) is 23.7 Å². The quantitative estimate of drug-likeness (QED) is 0.681. The number of nitrogens with two attached hydrogens (primary N) is 1. The fourth-order valence-electron chi connectivity index (χ4n) is 2.15. The van der Waals surface area contributed by atoms with E-state index < -0.39 is 6.03 Å². The molecule has 1 aliphatic rings. The van der Waals surface area contributed by atoms with Crippen LogP contribution in [0.15, 0.2) is 24.3 Å². The number of hydrogen-bond donors (Lipinski definition) is 4. The summed E-state index contributed by atoms with van der Waals surface area (Å²) in [6, 6.07) is 6.31. The lowest BCUT2D eigenvalue weighted by atomic mass is 9.97. The maximum Gasteiger partial charge on any atom is 0.316 e. The molecule has 7 heteroatoms. The van der Waals surface area contributed by atoms with Crippen LogP contribution in [-0.2, 0) is 4.79 Å². The van der Waals surface area contributed by atoms with Crippen LogP contribution >= 0.6 is 12.4 Å². The minimum absolute atomic E-state index is 0. The lowest BCUT2D eigenvalue weighted by Gasteiger charge is -2.21. The zero-order valence-corrected chi connectivity index (χ0v) is 11.8. The van der Waals surface area contributed by atoms with E-state index in [2.05, 4.69) is 16.0 Å². The molecule has 1 saturated heterocycles. The summed E-state index contributed by atoms with van der Waals surface area (Å²) in [5.41, 5.74) is 6.28. The Labute approximate surface area is 123 Å². The number of hydrogen-bond acceptors (Lipinski definition) is 3. The Balaban J connectivity index is 0.00000200. The van der Waals surface area contributed by atoms with Gasteiger partial charge in [0.15, 0.2) is 0 Å². The highest BCUT2D eigenvalue weighted by molar-refractivity contribution is 5.94. The molecular weight excluding hydrogens is 280 g/mol. The van der Waals surface area contributed by atoms with Gasteiger partial charge in [-0.25, -0.2) is 4.79 Å². The molecule has 3 amide bonds. The summed E-state index contributed by atoms with van der Waals surface area (Å²) >= 11 is 0.